The zero-order chi connectivity index (χ0) is 18.6. The second kappa shape index (κ2) is 7.78. The van der Waals surface area contributed by atoms with Gasteiger partial charge in [0.25, 0.3) is 0 Å². The second-order valence-electron chi connectivity index (χ2n) is 7.40. The van der Waals surface area contributed by atoms with Crippen LogP contribution < -0.4 is 5.32 Å². The van der Waals surface area contributed by atoms with E-state index in [4.69, 9.17) is 0 Å². The molecule has 1 aromatic heterocycles. The lowest BCUT2D eigenvalue weighted by atomic mass is 9.77. The van der Waals surface area contributed by atoms with Crippen molar-refractivity contribution in [3.05, 3.63) is 66.4 Å². The number of carbonyl (C=O) groups is 1. The molecule has 3 aromatic rings. The van der Waals surface area contributed by atoms with Crippen LogP contribution in [0.3, 0.4) is 0 Å². The Labute approximate surface area is 159 Å². The van der Waals surface area contributed by atoms with Crippen LogP contribution in [0.5, 0.6) is 5.75 Å². The fourth-order valence-electron chi connectivity index (χ4n) is 4.19. The molecule has 0 aliphatic heterocycles. The third-order valence-electron chi connectivity index (χ3n) is 5.62. The van der Waals surface area contributed by atoms with Gasteiger partial charge in [-0.3, -0.25) is 9.78 Å². The van der Waals surface area contributed by atoms with Crippen LogP contribution in [-0.2, 0) is 4.79 Å². The number of nitrogens with zero attached hydrogens (tertiary/aromatic N) is 1. The number of benzene rings is 2. The van der Waals surface area contributed by atoms with E-state index >= 15 is 0 Å². The molecule has 4 heteroatoms. The van der Waals surface area contributed by atoms with Crippen LogP contribution in [0.2, 0.25) is 0 Å². The van der Waals surface area contributed by atoms with Crippen LogP contribution in [0.1, 0.15) is 43.6 Å². The van der Waals surface area contributed by atoms with E-state index in [-0.39, 0.29) is 11.7 Å². The lowest BCUT2D eigenvalue weighted by Gasteiger charge is -2.29. The summed E-state index contributed by atoms with van der Waals surface area (Å²) < 4.78 is 0. The van der Waals surface area contributed by atoms with Crippen LogP contribution >= 0.6 is 0 Å². The highest BCUT2D eigenvalue weighted by Gasteiger charge is 2.25. The monoisotopic (exact) mass is 360 g/mol. The number of hydrogen-bond donors (Lipinski definition) is 2. The van der Waals surface area contributed by atoms with Crippen LogP contribution in [0.4, 0.5) is 5.69 Å². The highest BCUT2D eigenvalue weighted by molar-refractivity contribution is 5.92. The Morgan fingerprint density at radius 1 is 1.00 bits per heavy atom. The Hall–Kier alpha value is -2.88. The number of hydrogen-bond acceptors (Lipinski definition) is 3. The van der Waals surface area contributed by atoms with Crippen LogP contribution in [-0.4, -0.2) is 16.0 Å². The minimum atomic E-state index is -0.0192. The molecular formula is C23H24N2O2. The average molecular weight is 360 g/mol. The summed E-state index contributed by atoms with van der Waals surface area (Å²) in [6.45, 7) is 0. The summed E-state index contributed by atoms with van der Waals surface area (Å²) in [5, 5.41) is 13.9. The number of aromatic nitrogens is 1. The zero-order valence-corrected chi connectivity index (χ0v) is 15.3. The van der Waals surface area contributed by atoms with Gasteiger partial charge in [0.15, 0.2) is 0 Å². The molecule has 27 heavy (non-hydrogen) atoms. The average Bonchev–Trinajstić information content (AvgIpc) is 2.70. The highest BCUT2D eigenvalue weighted by atomic mass is 16.3. The summed E-state index contributed by atoms with van der Waals surface area (Å²) in [5.74, 6) is 1.03. The molecular weight excluding hydrogens is 336 g/mol. The zero-order valence-electron chi connectivity index (χ0n) is 15.3. The van der Waals surface area contributed by atoms with Crippen molar-refractivity contribution in [1.29, 1.82) is 0 Å². The van der Waals surface area contributed by atoms with E-state index in [2.05, 4.69) is 34.6 Å². The first-order chi connectivity index (χ1) is 13.2. The summed E-state index contributed by atoms with van der Waals surface area (Å²) in [6, 6.07) is 17.3. The van der Waals surface area contributed by atoms with E-state index in [0.29, 0.717) is 23.9 Å². The third kappa shape index (κ3) is 3.95. The molecule has 4 rings (SSSR count). The summed E-state index contributed by atoms with van der Waals surface area (Å²) >= 11 is 0. The van der Waals surface area contributed by atoms with Gasteiger partial charge in [0.2, 0.25) is 5.91 Å². The van der Waals surface area contributed by atoms with Crippen molar-refractivity contribution in [3.63, 3.8) is 0 Å². The Morgan fingerprint density at radius 2 is 1.74 bits per heavy atom. The summed E-state index contributed by atoms with van der Waals surface area (Å²) in [7, 11) is 0. The standard InChI is InChI=1S/C23H24N2O2/c26-22-8-4-3-7-21(22)25-23(27)15-16-9-11-17(12-10-16)18-13-14-24-20-6-2-1-5-19(18)20/h1-8,13-14,16-17,26H,9-12,15H2,(H,25,27)/t16-,17-. The molecule has 4 nitrogen and oxygen atoms in total. The third-order valence-corrected chi connectivity index (χ3v) is 5.62. The molecule has 1 saturated carbocycles. The first kappa shape index (κ1) is 17.5. The normalized spacial score (nSPS) is 19.7. The molecule has 1 heterocycles. The van der Waals surface area contributed by atoms with Gasteiger partial charge in [-0.05, 0) is 67.3 Å². The molecule has 1 fully saturated rings. The van der Waals surface area contributed by atoms with Gasteiger partial charge in [0.05, 0.1) is 11.2 Å². The maximum absolute atomic E-state index is 12.3. The number of nitrogens with one attached hydrogen (secondary N) is 1. The summed E-state index contributed by atoms with van der Waals surface area (Å²) in [4.78, 5) is 16.8. The number of para-hydroxylation sites is 3. The quantitative estimate of drug-likeness (QED) is 0.625. The molecule has 0 atom stereocenters. The van der Waals surface area contributed by atoms with Crippen molar-refractivity contribution in [2.24, 2.45) is 5.92 Å². The molecule has 0 spiro atoms. The van der Waals surface area contributed by atoms with E-state index < -0.39 is 0 Å². The molecule has 0 bridgehead atoms. The first-order valence-corrected chi connectivity index (χ1v) is 9.62. The van der Waals surface area contributed by atoms with Gasteiger partial charge in [-0.25, -0.2) is 0 Å². The molecule has 0 saturated heterocycles. The second-order valence-corrected chi connectivity index (χ2v) is 7.40. The van der Waals surface area contributed by atoms with Crippen molar-refractivity contribution >= 4 is 22.5 Å². The molecule has 1 aliphatic carbocycles. The topological polar surface area (TPSA) is 62.2 Å². The Morgan fingerprint density at radius 3 is 2.56 bits per heavy atom. The van der Waals surface area contributed by atoms with Crippen LogP contribution in [0.25, 0.3) is 10.9 Å². The molecule has 1 aliphatic rings. The highest BCUT2D eigenvalue weighted by Crippen LogP contribution is 2.39. The smallest absolute Gasteiger partial charge is 0.224 e. The summed E-state index contributed by atoms with van der Waals surface area (Å²) in [5.41, 5.74) is 2.93. The number of aromatic hydroxyl groups is 1. The number of carbonyl (C=O) groups excluding carboxylic acids is 1. The van der Waals surface area contributed by atoms with Crippen LogP contribution in [0.15, 0.2) is 60.8 Å². The predicted molar refractivity (Wildman–Crippen MR) is 108 cm³/mol. The van der Waals surface area contributed by atoms with Gasteiger partial charge in [-0.2, -0.15) is 0 Å². The lowest BCUT2D eigenvalue weighted by Crippen LogP contribution is -2.20. The van der Waals surface area contributed by atoms with E-state index in [9.17, 15) is 9.90 Å². The molecule has 2 N–H and O–H groups in total. The van der Waals surface area contributed by atoms with Crippen LogP contribution in [0, 0.1) is 5.92 Å². The summed E-state index contributed by atoms with van der Waals surface area (Å²) in [6.07, 6.45) is 6.72. The van der Waals surface area contributed by atoms with Crippen molar-refractivity contribution in [2.45, 2.75) is 38.0 Å². The molecule has 2 aromatic carbocycles. The number of fused-ring (bicyclic) bond motifs is 1. The van der Waals surface area contributed by atoms with E-state index in [1.54, 1.807) is 24.3 Å². The van der Waals surface area contributed by atoms with Gasteiger partial charge in [-0.15, -0.1) is 0 Å². The molecule has 0 radical (unpaired) electrons. The maximum Gasteiger partial charge on any atom is 0.224 e. The van der Waals surface area contributed by atoms with E-state index in [1.807, 2.05) is 12.3 Å². The van der Waals surface area contributed by atoms with Crippen molar-refractivity contribution in [1.82, 2.24) is 4.98 Å². The number of rotatable bonds is 4. The van der Waals surface area contributed by atoms with E-state index in [0.717, 1.165) is 31.2 Å². The number of phenols is 1. The maximum atomic E-state index is 12.3. The molecule has 0 unspecified atom stereocenters. The van der Waals surface area contributed by atoms with E-state index in [1.165, 1.54) is 10.9 Å². The minimum absolute atomic E-state index is 0.0192. The number of pyridine rings is 1. The Kier molecular flexibility index (Phi) is 5.05. The largest absolute Gasteiger partial charge is 0.506 e. The molecule has 138 valence electrons. The number of anilines is 1. The fourth-order valence-corrected chi connectivity index (χ4v) is 4.19. The van der Waals surface area contributed by atoms with Crippen molar-refractivity contribution in [2.75, 3.05) is 5.32 Å². The molecule has 1 amide bonds. The van der Waals surface area contributed by atoms with Gasteiger partial charge >= 0.3 is 0 Å². The Balaban J connectivity index is 1.36. The van der Waals surface area contributed by atoms with Gasteiger partial charge in [0.1, 0.15) is 5.75 Å². The van der Waals surface area contributed by atoms with Crippen molar-refractivity contribution in [3.8, 4) is 5.75 Å². The number of amides is 1. The minimum Gasteiger partial charge on any atom is -0.506 e. The van der Waals surface area contributed by atoms with Gasteiger partial charge in [0, 0.05) is 18.0 Å². The first-order valence-electron chi connectivity index (χ1n) is 9.62. The van der Waals surface area contributed by atoms with Gasteiger partial charge < -0.3 is 10.4 Å². The van der Waals surface area contributed by atoms with Gasteiger partial charge in [-0.1, -0.05) is 30.3 Å². The SMILES string of the molecule is O=C(C[C@H]1CC[C@H](c2ccnc3ccccc32)CC1)Nc1ccccc1O. The van der Waals surface area contributed by atoms with Crippen molar-refractivity contribution < 1.29 is 9.90 Å². The lowest BCUT2D eigenvalue weighted by molar-refractivity contribution is -0.117. The fraction of sp³-hybridized carbons (Fsp3) is 0.304. The number of phenolic OH excluding ortho intramolecular Hbond substituents is 1. The Bertz CT molecular complexity index is 941. The predicted octanol–water partition coefficient (Wildman–Crippen LogP) is 5.24.